The lowest BCUT2D eigenvalue weighted by molar-refractivity contribution is -0.0176. The first-order valence-electron chi connectivity index (χ1n) is 7.29. The lowest BCUT2D eigenvalue weighted by Crippen LogP contribution is -2.17. The molecule has 0 aromatic heterocycles. The molecule has 0 aliphatic carbocycles. The Hall–Kier alpha value is -1.10. The first-order chi connectivity index (χ1) is 9.65. The summed E-state index contributed by atoms with van der Waals surface area (Å²) in [4.78, 5) is 0. The van der Waals surface area contributed by atoms with Gasteiger partial charge in [-0.25, -0.2) is 0 Å². The molecule has 4 nitrogen and oxygen atoms in total. The van der Waals surface area contributed by atoms with E-state index >= 15 is 0 Å². The molecule has 1 aliphatic rings. The van der Waals surface area contributed by atoms with E-state index in [1.807, 2.05) is 38.1 Å². The van der Waals surface area contributed by atoms with E-state index in [1.54, 1.807) is 0 Å². The van der Waals surface area contributed by atoms with Gasteiger partial charge in [-0.1, -0.05) is 12.1 Å². The summed E-state index contributed by atoms with van der Waals surface area (Å²) in [6.45, 7) is 5.66. The largest absolute Gasteiger partial charge is 0.491 e. The van der Waals surface area contributed by atoms with Gasteiger partial charge in [-0.15, -0.1) is 0 Å². The van der Waals surface area contributed by atoms with Crippen LogP contribution in [0.25, 0.3) is 0 Å². The summed E-state index contributed by atoms with van der Waals surface area (Å²) in [5.74, 6) is 0.816. The fraction of sp³-hybridized carbons (Fsp3) is 0.625. The van der Waals surface area contributed by atoms with E-state index in [2.05, 4.69) is 0 Å². The second-order valence-electron chi connectivity index (χ2n) is 5.42. The summed E-state index contributed by atoms with van der Waals surface area (Å²) in [6.07, 6.45) is 1.90. The maximum absolute atomic E-state index is 10.1. The van der Waals surface area contributed by atoms with Crippen LogP contribution in [0.1, 0.15) is 38.4 Å². The van der Waals surface area contributed by atoms with Gasteiger partial charge in [-0.2, -0.15) is 0 Å². The quantitative estimate of drug-likeness (QED) is 0.834. The molecule has 0 spiro atoms. The highest BCUT2D eigenvalue weighted by Crippen LogP contribution is 2.19. The maximum Gasteiger partial charge on any atom is 0.119 e. The lowest BCUT2D eigenvalue weighted by Gasteiger charge is -2.15. The molecular weight excluding hydrogens is 256 g/mol. The standard InChI is InChI=1S/C16H24O4/c1-12(2)20-14-7-5-13(6-8-14)16(17)11-18-10-15-4-3-9-19-15/h5-8,12,15-17H,3-4,9-11H2,1-2H3. The molecule has 1 saturated heterocycles. The van der Waals surface area contributed by atoms with Crippen molar-refractivity contribution < 1.29 is 19.3 Å². The number of aliphatic hydroxyl groups is 1. The van der Waals surface area contributed by atoms with Gasteiger partial charge < -0.3 is 19.3 Å². The van der Waals surface area contributed by atoms with Crippen molar-refractivity contribution in [1.29, 1.82) is 0 Å². The van der Waals surface area contributed by atoms with Crippen LogP contribution >= 0.6 is 0 Å². The Kier molecular flexibility index (Phi) is 5.83. The fourth-order valence-corrected chi connectivity index (χ4v) is 2.22. The summed E-state index contributed by atoms with van der Waals surface area (Å²) >= 11 is 0. The van der Waals surface area contributed by atoms with Gasteiger partial charge in [-0.3, -0.25) is 0 Å². The van der Waals surface area contributed by atoms with Crippen LogP contribution in [0.5, 0.6) is 5.75 Å². The Bertz CT molecular complexity index is 382. The highest BCUT2D eigenvalue weighted by atomic mass is 16.5. The van der Waals surface area contributed by atoms with E-state index in [-0.39, 0.29) is 12.2 Å². The van der Waals surface area contributed by atoms with E-state index in [4.69, 9.17) is 14.2 Å². The van der Waals surface area contributed by atoms with Crippen LogP contribution in [0.15, 0.2) is 24.3 Å². The highest BCUT2D eigenvalue weighted by Gasteiger charge is 2.16. The zero-order valence-electron chi connectivity index (χ0n) is 12.2. The minimum Gasteiger partial charge on any atom is -0.491 e. The SMILES string of the molecule is CC(C)Oc1ccc(C(O)COCC2CCCO2)cc1. The van der Waals surface area contributed by atoms with Gasteiger partial charge in [-0.05, 0) is 44.4 Å². The molecule has 1 N–H and O–H groups in total. The third-order valence-corrected chi connectivity index (χ3v) is 3.24. The summed E-state index contributed by atoms with van der Waals surface area (Å²) in [6, 6.07) is 7.49. The molecule has 1 aromatic carbocycles. The third kappa shape index (κ3) is 4.78. The number of benzene rings is 1. The van der Waals surface area contributed by atoms with Crippen molar-refractivity contribution in [3.05, 3.63) is 29.8 Å². The van der Waals surface area contributed by atoms with Crippen LogP contribution in [-0.2, 0) is 9.47 Å². The lowest BCUT2D eigenvalue weighted by atomic mass is 10.1. The maximum atomic E-state index is 10.1. The van der Waals surface area contributed by atoms with Crippen LogP contribution in [0.3, 0.4) is 0 Å². The molecule has 4 heteroatoms. The molecular formula is C16H24O4. The summed E-state index contributed by atoms with van der Waals surface area (Å²) in [5, 5.41) is 10.1. The number of aliphatic hydroxyl groups excluding tert-OH is 1. The molecule has 2 rings (SSSR count). The van der Waals surface area contributed by atoms with E-state index in [0.29, 0.717) is 13.2 Å². The van der Waals surface area contributed by atoms with Crippen LogP contribution in [0.4, 0.5) is 0 Å². The minimum absolute atomic E-state index is 0.153. The molecule has 1 heterocycles. The normalized spacial score (nSPS) is 20.3. The highest BCUT2D eigenvalue weighted by molar-refractivity contribution is 5.28. The molecule has 1 aliphatic heterocycles. The van der Waals surface area contributed by atoms with Crippen molar-refractivity contribution in [1.82, 2.24) is 0 Å². The van der Waals surface area contributed by atoms with Gasteiger partial charge in [0.2, 0.25) is 0 Å². The van der Waals surface area contributed by atoms with Crippen LogP contribution in [0.2, 0.25) is 0 Å². The molecule has 2 unspecified atom stereocenters. The zero-order chi connectivity index (χ0) is 14.4. The van der Waals surface area contributed by atoms with Crippen molar-refractivity contribution in [2.75, 3.05) is 19.8 Å². The Labute approximate surface area is 120 Å². The average molecular weight is 280 g/mol. The molecule has 1 fully saturated rings. The molecule has 20 heavy (non-hydrogen) atoms. The summed E-state index contributed by atoms with van der Waals surface area (Å²) in [5.41, 5.74) is 0.841. The van der Waals surface area contributed by atoms with E-state index < -0.39 is 6.10 Å². The minimum atomic E-state index is -0.607. The monoisotopic (exact) mass is 280 g/mol. The third-order valence-electron chi connectivity index (χ3n) is 3.24. The van der Waals surface area contributed by atoms with Gasteiger partial charge in [0.05, 0.1) is 25.4 Å². The van der Waals surface area contributed by atoms with Crippen molar-refractivity contribution in [3.8, 4) is 5.75 Å². The summed E-state index contributed by atoms with van der Waals surface area (Å²) in [7, 11) is 0. The van der Waals surface area contributed by atoms with Gasteiger partial charge >= 0.3 is 0 Å². The second kappa shape index (κ2) is 7.62. The van der Waals surface area contributed by atoms with Gasteiger partial charge in [0, 0.05) is 6.61 Å². The number of hydrogen-bond donors (Lipinski definition) is 1. The number of hydrogen-bond acceptors (Lipinski definition) is 4. The predicted molar refractivity (Wildman–Crippen MR) is 77.0 cm³/mol. The second-order valence-corrected chi connectivity index (χ2v) is 5.42. The van der Waals surface area contributed by atoms with Crippen molar-refractivity contribution >= 4 is 0 Å². The van der Waals surface area contributed by atoms with Crippen LogP contribution < -0.4 is 4.74 Å². The predicted octanol–water partition coefficient (Wildman–Crippen LogP) is 2.70. The molecule has 0 bridgehead atoms. The van der Waals surface area contributed by atoms with Crippen molar-refractivity contribution in [2.24, 2.45) is 0 Å². The van der Waals surface area contributed by atoms with E-state index in [1.165, 1.54) is 0 Å². The number of ether oxygens (including phenoxy) is 3. The van der Waals surface area contributed by atoms with Crippen molar-refractivity contribution in [2.45, 2.75) is 45.0 Å². The zero-order valence-corrected chi connectivity index (χ0v) is 12.2. The first kappa shape index (κ1) is 15.3. The topological polar surface area (TPSA) is 47.9 Å². The fourth-order valence-electron chi connectivity index (χ4n) is 2.22. The molecule has 112 valence electrons. The molecule has 1 aromatic rings. The molecule has 0 saturated carbocycles. The Morgan fingerprint density at radius 1 is 1.30 bits per heavy atom. The Morgan fingerprint density at radius 2 is 2.05 bits per heavy atom. The number of rotatable bonds is 7. The summed E-state index contributed by atoms with van der Waals surface area (Å²) < 4.78 is 16.6. The average Bonchev–Trinajstić information content (AvgIpc) is 2.92. The Balaban J connectivity index is 1.75. The van der Waals surface area contributed by atoms with E-state index in [0.717, 1.165) is 30.8 Å². The van der Waals surface area contributed by atoms with Crippen molar-refractivity contribution in [3.63, 3.8) is 0 Å². The molecule has 0 radical (unpaired) electrons. The smallest absolute Gasteiger partial charge is 0.119 e. The van der Waals surface area contributed by atoms with Gasteiger partial charge in [0.15, 0.2) is 0 Å². The first-order valence-corrected chi connectivity index (χ1v) is 7.29. The van der Waals surface area contributed by atoms with Gasteiger partial charge in [0.1, 0.15) is 11.9 Å². The Morgan fingerprint density at radius 3 is 2.65 bits per heavy atom. The van der Waals surface area contributed by atoms with Crippen LogP contribution in [0, 0.1) is 0 Å². The van der Waals surface area contributed by atoms with Crippen LogP contribution in [-0.4, -0.2) is 37.1 Å². The molecule has 2 atom stereocenters. The van der Waals surface area contributed by atoms with Gasteiger partial charge in [0.25, 0.3) is 0 Å². The molecule has 0 amide bonds. The van der Waals surface area contributed by atoms with E-state index in [9.17, 15) is 5.11 Å².